The predicted octanol–water partition coefficient (Wildman–Crippen LogP) is 6.21. The summed E-state index contributed by atoms with van der Waals surface area (Å²) in [5.74, 6) is -0.818. The van der Waals surface area contributed by atoms with Crippen molar-refractivity contribution in [2.45, 2.75) is 13.5 Å². The Labute approximate surface area is 175 Å². The minimum atomic E-state index is -1.11. The molecule has 1 heterocycles. The van der Waals surface area contributed by atoms with Crippen molar-refractivity contribution < 1.29 is 14.6 Å². The van der Waals surface area contributed by atoms with Crippen molar-refractivity contribution in [2.24, 2.45) is 0 Å². The van der Waals surface area contributed by atoms with Gasteiger partial charge in [0.05, 0.1) is 0 Å². The molecule has 4 heteroatoms. The molecule has 4 rings (SSSR count). The fourth-order valence-electron chi connectivity index (χ4n) is 3.42. The van der Waals surface area contributed by atoms with Gasteiger partial charge in [0.15, 0.2) is 11.4 Å². The van der Waals surface area contributed by atoms with Crippen molar-refractivity contribution in [2.75, 3.05) is 0 Å². The summed E-state index contributed by atoms with van der Waals surface area (Å²) < 4.78 is 5.94. The highest BCUT2D eigenvalue weighted by Gasteiger charge is 2.17. The summed E-state index contributed by atoms with van der Waals surface area (Å²) in [7, 11) is 0. The summed E-state index contributed by atoms with van der Waals surface area (Å²) in [6.07, 6.45) is 5.65. The zero-order valence-electron chi connectivity index (χ0n) is 16.6. The highest BCUT2D eigenvalue weighted by atomic mass is 16.5. The molecule has 148 valence electrons. The minimum Gasteiger partial charge on any atom is -0.486 e. The molecule has 0 aliphatic carbocycles. The summed E-state index contributed by atoms with van der Waals surface area (Å²) in [5, 5.41) is 11.1. The summed E-state index contributed by atoms with van der Waals surface area (Å²) in [6, 6.07) is 23.8. The predicted molar refractivity (Wildman–Crippen MR) is 120 cm³/mol. The number of hydrogen-bond acceptors (Lipinski definition) is 3. The molecule has 0 aliphatic heterocycles. The Balaban J connectivity index is 1.75. The van der Waals surface area contributed by atoms with Gasteiger partial charge in [0.1, 0.15) is 6.61 Å². The molecule has 0 bridgehead atoms. The van der Waals surface area contributed by atoms with E-state index in [0.717, 1.165) is 33.0 Å². The number of carbonyl (C=O) groups is 1. The molecule has 0 aliphatic rings. The van der Waals surface area contributed by atoms with Crippen LogP contribution in [0.4, 0.5) is 0 Å². The average molecular weight is 395 g/mol. The highest BCUT2D eigenvalue weighted by molar-refractivity contribution is 5.99. The molecule has 30 heavy (non-hydrogen) atoms. The quantitative estimate of drug-likeness (QED) is 0.421. The third-order valence-electron chi connectivity index (χ3n) is 4.85. The zero-order valence-corrected chi connectivity index (χ0v) is 16.6. The van der Waals surface area contributed by atoms with E-state index in [2.05, 4.69) is 29.3 Å². The highest BCUT2D eigenvalue weighted by Crippen LogP contribution is 2.32. The molecule has 3 aromatic carbocycles. The van der Waals surface area contributed by atoms with Crippen molar-refractivity contribution in [3.63, 3.8) is 0 Å². The summed E-state index contributed by atoms with van der Waals surface area (Å²) in [4.78, 5) is 15.9. The first kappa shape index (κ1) is 19.4. The lowest BCUT2D eigenvalue weighted by atomic mass is 9.99. The van der Waals surface area contributed by atoms with Crippen LogP contribution >= 0.6 is 0 Å². The van der Waals surface area contributed by atoms with Crippen LogP contribution in [0.3, 0.4) is 0 Å². The Morgan fingerprint density at radius 2 is 1.80 bits per heavy atom. The number of hydrogen-bond donors (Lipinski definition) is 1. The molecule has 0 unspecified atom stereocenters. The molecule has 0 saturated heterocycles. The Bertz CT molecular complexity index is 1230. The maximum absolute atomic E-state index is 11.7. The van der Waals surface area contributed by atoms with E-state index in [4.69, 9.17) is 4.74 Å². The number of aromatic carboxylic acids is 1. The Morgan fingerprint density at radius 3 is 2.57 bits per heavy atom. The summed E-state index contributed by atoms with van der Waals surface area (Å²) in [5.41, 5.74) is 4.13. The first-order chi connectivity index (χ1) is 14.7. The van der Waals surface area contributed by atoms with E-state index in [-0.39, 0.29) is 18.1 Å². The van der Waals surface area contributed by atoms with E-state index < -0.39 is 5.97 Å². The van der Waals surface area contributed by atoms with Crippen molar-refractivity contribution in [1.82, 2.24) is 4.98 Å². The van der Waals surface area contributed by atoms with E-state index in [9.17, 15) is 9.90 Å². The van der Waals surface area contributed by atoms with Crippen molar-refractivity contribution >= 4 is 22.8 Å². The van der Waals surface area contributed by atoms with Crippen molar-refractivity contribution in [3.8, 4) is 16.9 Å². The van der Waals surface area contributed by atoms with Crippen molar-refractivity contribution in [1.29, 1.82) is 0 Å². The van der Waals surface area contributed by atoms with E-state index in [0.29, 0.717) is 0 Å². The summed E-state index contributed by atoms with van der Waals surface area (Å²) >= 11 is 0. The van der Waals surface area contributed by atoms with Gasteiger partial charge < -0.3 is 9.84 Å². The molecule has 0 saturated carbocycles. The molecular formula is C26H21NO3. The minimum absolute atomic E-state index is 0.0822. The molecule has 4 aromatic rings. The van der Waals surface area contributed by atoms with E-state index in [1.165, 1.54) is 0 Å². The van der Waals surface area contributed by atoms with Gasteiger partial charge >= 0.3 is 5.97 Å². The lowest BCUT2D eigenvalue weighted by molar-refractivity contribution is 0.0685. The first-order valence-corrected chi connectivity index (χ1v) is 9.71. The molecular weight excluding hydrogens is 374 g/mol. The van der Waals surface area contributed by atoms with Gasteiger partial charge in [0.25, 0.3) is 0 Å². The van der Waals surface area contributed by atoms with Crippen LogP contribution in [0.25, 0.3) is 28.0 Å². The van der Waals surface area contributed by atoms with Gasteiger partial charge in [0.2, 0.25) is 0 Å². The van der Waals surface area contributed by atoms with Gasteiger partial charge in [-0.25, -0.2) is 9.78 Å². The van der Waals surface area contributed by atoms with Crippen LogP contribution in [-0.2, 0) is 6.61 Å². The number of pyridine rings is 1. The maximum Gasteiger partial charge on any atom is 0.358 e. The number of nitrogens with zero attached hydrogens (tertiary/aromatic N) is 1. The fraction of sp³-hybridized carbons (Fsp3) is 0.0769. The number of allylic oxidation sites excluding steroid dienone is 1. The van der Waals surface area contributed by atoms with Crippen LogP contribution in [0.5, 0.6) is 5.75 Å². The largest absolute Gasteiger partial charge is 0.486 e. The molecule has 1 N–H and O–H groups in total. The number of benzene rings is 3. The molecule has 0 atom stereocenters. The van der Waals surface area contributed by atoms with Gasteiger partial charge in [-0.2, -0.15) is 0 Å². The van der Waals surface area contributed by atoms with Crippen LogP contribution in [0.1, 0.15) is 28.5 Å². The number of carboxylic acids is 1. The third kappa shape index (κ3) is 4.08. The molecule has 4 nitrogen and oxygen atoms in total. The second kappa shape index (κ2) is 8.62. The van der Waals surface area contributed by atoms with Gasteiger partial charge in [-0.05, 0) is 47.4 Å². The lowest BCUT2D eigenvalue weighted by Gasteiger charge is -2.13. The normalized spacial score (nSPS) is 11.1. The van der Waals surface area contributed by atoms with Crippen LogP contribution < -0.4 is 4.74 Å². The SMILES string of the molecule is C/C=C/c1cccc(-c2ccc3c(OCc4ccccc4)c(C(=O)O)ncc3c2)c1. The summed E-state index contributed by atoms with van der Waals surface area (Å²) in [6.45, 7) is 2.26. The Hall–Kier alpha value is -3.92. The van der Waals surface area contributed by atoms with Gasteiger partial charge in [0, 0.05) is 17.0 Å². The number of fused-ring (bicyclic) bond motifs is 1. The molecule has 1 aromatic heterocycles. The fourth-order valence-corrected chi connectivity index (χ4v) is 3.42. The van der Waals surface area contributed by atoms with Crippen LogP contribution in [0.15, 0.2) is 85.1 Å². The van der Waals surface area contributed by atoms with E-state index >= 15 is 0 Å². The lowest BCUT2D eigenvalue weighted by Crippen LogP contribution is -2.06. The third-order valence-corrected chi connectivity index (χ3v) is 4.85. The number of carboxylic acid groups (broad SMARTS) is 1. The average Bonchev–Trinajstić information content (AvgIpc) is 2.78. The second-order valence-corrected chi connectivity index (χ2v) is 6.94. The Morgan fingerprint density at radius 1 is 1.00 bits per heavy atom. The maximum atomic E-state index is 11.7. The van der Waals surface area contributed by atoms with Gasteiger partial charge in [-0.15, -0.1) is 0 Å². The molecule has 0 spiro atoms. The Kier molecular flexibility index (Phi) is 5.57. The van der Waals surface area contributed by atoms with Gasteiger partial charge in [-0.3, -0.25) is 0 Å². The van der Waals surface area contributed by atoms with E-state index in [1.807, 2.05) is 67.6 Å². The van der Waals surface area contributed by atoms with Crippen LogP contribution in [0.2, 0.25) is 0 Å². The van der Waals surface area contributed by atoms with Gasteiger partial charge in [-0.1, -0.05) is 66.7 Å². The number of ether oxygens (including phenoxy) is 1. The molecule has 0 fully saturated rings. The topological polar surface area (TPSA) is 59.4 Å². The number of rotatable bonds is 6. The van der Waals surface area contributed by atoms with Crippen LogP contribution in [-0.4, -0.2) is 16.1 Å². The van der Waals surface area contributed by atoms with Crippen LogP contribution in [0, 0.1) is 0 Å². The zero-order chi connectivity index (χ0) is 20.9. The van der Waals surface area contributed by atoms with Crippen molar-refractivity contribution in [3.05, 3.63) is 102 Å². The second-order valence-electron chi connectivity index (χ2n) is 6.94. The molecule has 0 radical (unpaired) electrons. The number of aromatic nitrogens is 1. The monoisotopic (exact) mass is 395 g/mol. The first-order valence-electron chi connectivity index (χ1n) is 9.71. The van der Waals surface area contributed by atoms with E-state index in [1.54, 1.807) is 6.20 Å². The standard InChI is InChI=1S/C26H21NO3/c1-2-7-18-10-6-11-20(14-18)21-12-13-23-22(15-21)16-27-24(26(28)29)25(23)30-17-19-8-4-3-5-9-19/h2-16H,17H2,1H3,(H,28,29)/b7-2+. The smallest absolute Gasteiger partial charge is 0.358 e. The molecule has 0 amide bonds.